The summed E-state index contributed by atoms with van der Waals surface area (Å²) in [5.41, 5.74) is 0.535. The first-order chi connectivity index (χ1) is 5.16. The standard InChI is InChI=1S/C5H7BrN4O/c1-10-3(5(7)11-2)4(6)8-9-10/h7H,1-2H3. The number of aromatic nitrogens is 3. The summed E-state index contributed by atoms with van der Waals surface area (Å²) in [5, 5.41) is 14.7. The first-order valence-electron chi connectivity index (χ1n) is 2.85. The van der Waals surface area contributed by atoms with Crippen LogP contribution in [0.1, 0.15) is 5.69 Å². The van der Waals surface area contributed by atoms with Crippen molar-refractivity contribution in [3.05, 3.63) is 10.3 Å². The Bertz CT molecular complexity index is 263. The van der Waals surface area contributed by atoms with Gasteiger partial charge in [-0.25, -0.2) is 4.68 Å². The molecule has 0 saturated carbocycles. The second-order valence-electron chi connectivity index (χ2n) is 1.89. The lowest BCUT2D eigenvalue weighted by molar-refractivity contribution is 0.396. The Morgan fingerprint density at radius 3 is 2.73 bits per heavy atom. The molecule has 0 aliphatic heterocycles. The quantitative estimate of drug-likeness (QED) is 0.554. The summed E-state index contributed by atoms with van der Waals surface area (Å²) >= 11 is 3.14. The highest BCUT2D eigenvalue weighted by molar-refractivity contribution is 9.10. The molecule has 0 unspecified atom stereocenters. The summed E-state index contributed by atoms with van der Waals surface area (Å²) in [4.78, 5) is 0. The number of hydrogen-bond donors (Lipinski definition) is 1. The number of aryl methyl sites for hydroxylation is 1. The summed E-state index contributed by atoms with van der Waals surface area (Å²) < 4.78 is 6.70. The largest absolute Gasteiger partial charge is 0.480 e. The number of hydrogen-bond acceptors (Lipinski definition) is 4. The van der Waals surface area contributed by atoms with Gasteiger partial charge in [-0.05, 0) is 15.9 Å². The minimum Gasteiger partial charge on any atom is -0.480 e. The van der Waals surface area contributed by atoms with Gasteiger partial charge >= 0.3 is 0 Å². The molecule has 0 aliphatic carbocycles. The molecule has 1 aromatic heterocycles. The molecule has 0 bridgehead atoms. The van der Waals surface area contributed by atoms with Crippen molar-refractivity contribution in [1.29, 1.82) is 5.41 Å². The predicted molar refractivity (Wildman–Crippen MR) is 42.5 cm³/mol. The minimum atomic E-state index is 0.0457. The average molecular weight is 219 g/mol. The highest BCUT2D eigenvalue weighted by Crippen LogP contribution is 2.11. The topological polar surface area (TPSA) is 63.8 Å². The van der Waals surface area contributed by atoms with Crippen molar-refractivity contribution in [1.82, 2.24) is 15.0 Å². The van der Waals surface area contributed by atoms with Gasteiger partial charge in [-0.3, -0.25) is 5.41 Å². The lowest BCUT2D eigenvalue weighted by atomic mass is 10.5. The maximum atomic E-state index is 7.32. The number of nitrogens with zero attached hydrogens (tertiary/aromatic N) is 3. The molecule has 1 heterocycles. The smallest absolute Gasteiger partial charge is 0.234 e. The monoisotopic (exact) mass is 218 g/mol. The third-order valence-corrected chi connectivity index (χ3v) is 1.74. The molecule has 0 spiro atoms. The lowest BCUT2D eigenvalue weighted by Crippen LogP contribution is -2.08. The average Bonchev–Trinajstić information content (AvgIpc) is 2.30. The van der Waals surface area contributed by atoms with E-state index in [0.29, 0.717) is 10.3 Å². The van der Waals surface area contributed by atoms with E-state index in [4.69, 9.17) is 10.1 Å². The molecule has 6 heteroatoms. The van der Waals surface area contributed by atoms with E-state index in [-0.39, 0.29) is 5.90 Å². The molecule has 1 rings (SSSR count). The maximum Gasteiger partial charge on any atom is 0.234 e. The van der Waals surface area contributed by atoms with Crippen LogP contribution in [-0.2, 0) is 11.8 Å². The molecule has 11 heavy (non-hydrogen) atoms. The third kappa shape index (κ3) is 1.40. The van der Waals surface area contributed by atoms with Crippen LogP contribution < -0.4 is 0 Å². The van der Waals surface area contributed by atoms with Crippen LogP contribution in [0.25, 0.3) is 0 Å². The Hall–Kier alpha value is -0.910. The highest BCUT2D eigenvalue weighted by Gasteiger charge is 2.12. The van der Waals surface area contributed by atoms with E-state index >= 15 is 0 Å². The summed E-state index contributed by atoms with van der Waals surface area (Å²) in [6.07, 6.45) is 0. The van der Waals surface area contributed by atoms with Crippen molar-refractivity contribution >= 4 is 21.8 Å². The fourth-order valence-electron chi connectivity index (χ4n) is 0.669. The van der Waals surface area contributed by atoms with E-state index in [2.05, 4.69) is 26.2 Å². The van der Waals surface area contributed by atoms with Gasteiger partial charge in [0.15, 0.2) is 10.3 Å². The molecule has 0 aromatic carbocycles. The molecular weight excluding hydrogens is 212 g/mol. The summed E-state index contributed by atoms with van der Waals surface area (Å²) in [6, 6.07) is 0. The van der Waals surface area contributed by atoms with Crippen molar-refractivity contribution in [3.8, 4) is 0 Å². The van der Waals surface area contributed by atoms with Gasteiger partial charge < -0.3 is 4.74 Å². The number of rotatable bonds is 1. The molecular formula is C5H7BrN4O. The van der Waals surface area contributed by atoms with Crippen LogP contribution in [0.15, 0.2) is 4.60 Å². The van der Waals surface area contributed by atoms with Crippen molar-refractivity contribution < 1.29 is 4.74 Å². The van der Waals surface area contributed by atoms with Crippen LogP contribution in [-0.4, -0.2) is 28.0 Å². The summed E-state index contributed by atoms with van der Waals surface area (Å²) in [6.45, 7) is 0. The van der Waals surface area contributed by atoms with Crippen molar-refractivity contribution in [2.75, 3.05) is 7.11 Å². The fraction of sp³-hybridized carbons (Fsp3) is 0.400. The molecule has 0 fully saturated rings. The number of halogens is 1. The molecule has 0 amide bonds. The van der Waals surface area contributed by atoms with E-state index in [1.165, 1.54) is 11.8 Å². The second kappa shape index (κ2) is 3.00. The van der Waals surface area contributed by atoms with E-state index in [1.54, 1.807) is 7.05 Å². The third-order valence-electron chi connectivity index (χ3n) is 1.20. The fourth-order valence-corrected chi connectivity index (χ4v) is 1.18. The molecule has 0 saturated heterocycles. The van der Waals surface area contributed by atoms with Crippen molar-refractivity contribution in [3.63, 3.8) is 0 Å². The molecule has 5 nitrogen and oxygen atoms in total. The number of nitrogens with one attached hydrogen (secondary N) is 1. The van der Waals surface area contributed by atoms with Crippen LogP contribution in [0.5, 0.6) is 0 Å². The van der Waals surface area contributed by atoms with E-state index < -0.39 is 0 Å². The molecule has 0 aliphatic rings. The second-order valence-corrected chi connectivity index (χ2v) is 2.64. The van der Waals surface area contributed by atoms with Gasteiger partial charge in [0.25, 0.3) is 0 Å². The Morgan fingerprint density at radius 1 is 1.73 bits per heavy atom. The van der Waals surface area contributed by atoms with Gasteiger partial charge in [0.05, 0.1) is 7.11 Å². The number of ether oxygens (including phenoxy) is 1. The van der Waals surface area contributed by atoms with E-state index in [9.17, 15) is 0 Å². The first-order valence-corrected chi connectivity index (χ1v) is 3.64. The Morgan fingerprint density at radius 2 is 2.36 bits per heavy atom. The SMILES string of the molecule is COC(=N)c1c(Br)nnn1C. The maximum absolute atomic E-state index is 7.32. The van der Waals surface area contributed by atoms with Crippen LogP contribution >= 0.6 is 15.9 Å². The van der Waals surface area contributed by atoms with Crippen molar-refractivity contribution in [2.24, 2.45) is 7.05 Å². The molecule has 0 radical (unpaired) electrons. The zero-order chi connectivity index (χ0) is 8.43. The van der Waals surface area contributed by atoms with Crippen LogP contribution in [0.4, 0.5) is 0 Å². The van der Waals surface area contributed by atoms with E-state index in [0.717, 1.165) is 0 Å². The molecule has 1 aromatic rings. The van der Waals surface area contributed by atoms with Gasteiger partial charge in [0.1, 0.15) is 0 Å². The van der Waals surface area contributed by atoms with Gasteiger partial charge in [-0.1, -0.05) is 5.21 Å². The Balaban J connectivity index is 3.10. The zero-order valence-corrected chi connectivity index (χ0v) is 7.71. The lowest BCUT2D eigenvalue weighted by Gasteiger charge is -2.00. The Kier molecular flexibility index (Phi) is 2.23. The van der Waals surface area contributed by atoms with Crippen LogP contribution in [0.2, 0.25) is 0 Å². The Labute approximate surface area is 72.0 Å². The van der Waals surface area contributed by atoms with E-state index in [1.807, 2.05) is 0 Å². The summed E-state index contributed by atoms with van der Waals surface area (Å²) in [5.74, 6) is 0.0457. The zero-order valence-electron chi connectivity index (χ0n) is 6.13. The predicted octanol–water partition coefficient (Wildman–Crippen LogP) is 0.549. The normalized spacial score (nSPS) is 9.73. The number of methoxy groups -OCH3 is 1. The van der Waals surface area contributed by atoms with Crippen molar-refractivity contribution in [2.45, 2.75) is 0 Å². The minimum absolute atomic E-state index is 0.0457. The summed E-state index contributed by atoms with van der Waals surface area (Å²) in [7, 11) is 3.13. The van der Waals surface area contributed by atoms with Gasteiger partial charge in [0, 0.05) is 7.05 Å². The van der Waals surface area contributed by atoms with Crippen LogP contribution in [0, 0.1) is 5.41 Å². The van der Waals surface area contributed by atoms with Gasteiger partial charge in [0.2, 0.25) is 5.90 Å². The van der Waals surface area contributed by atoms with Gasteiger partial charge in [-0.2, -0.15) is 0 Å². The molecule has 60 valence electrons. The molecule has 0 atom stereocenters. The van der Waals surface area contributed by atoms with Crippen LogP contribution in [0.3, 0.4) is 0 Å². The first kappa shape index (κ1) is 8.19. The van der Waals surface area contributed by atoms with Gasteiger partial charge in [-0.15, -0.1) is 5.10 Å². The highest BCUT2D eigenvalue weighted by atomic mass is 79.9. The molecule has 1 N–H and O–H groups in total.